The van der Waals surface area contributed by atoms with Gasteiger partial charge in [0, 0.05) is 0 Å². The monoisotopic (exact) mass is 345 g/mol. The molecule has 2 heterocycles. The van der Waals surface area contributed by atoms with E-state index in [-0.39, 0.29) is 17.3 Å². The van der Waals surface area contributed by atoms with Gasteiger partial charge >= 0.3 is 6.09 Å². The van der Waals surface area contributed by atoms with Crippen molar-refractivity contribution in [3.8, 4) is 0 Å². The van der Waals surface area contributed by atoms with Crippen LogP contribution in [0, 0.1) is 0 Å². The van der Waals surface area contributed by atoms with Crippen molar-refractivity contribution >= 4 is 23.8 Å². The van der Waals surface area contributed by atoms with Gasteiger partial charge in [-0.05, 0) is 52.2 Å². The Bertz CT molecular complexity index is 439. The molecule has 0 aromatic heterocycles. The van der Waals surface area contributed by atoms with Gasteiger partial charge in [-0.25, -0.2) is 10.7 Å². The fraction of sp³-hybridized carbons (Fsp3) is 0.867. The summed E-state index contributed by atoms with van der Waals surface area (Å²) < 4.78 is 5.27. The van der Waals surface area contributed by atoms with E-state index >= 15 is 0 Å². The van der Waals surface area contributed by atoms with E-state index in [0.29, 0.717) is 13.0 Å². The molecule has 1 unspecified atom stereocenters. The second-order valence-electron chi connectivity index (χ2n) is 6.98. The van der Waals surface area contributed by atoms with Gasteiger partial charge in [0.05, 0.1) is 18.0 Å². The molecule has 0 bridgehead atoms. The minimum atomic E-state index is -0.587. The van der Waals surface area contributed by atoms with E-state index in [1.54, 1.807) is 32.5 Å². The van der Waals surface area contributed by atoms with Crippen LogP contribution < -0.4 is 11.2 Å². The molecule has 2 amide bonds. The molecule has 7 nitrogen and oxygen atoms in total. The molecule has 2 aliphatic rings. The van der Waals surface area contributed by atoms with Crippen LogP contribution in [0.4, 0.5) is 4.79 Å². The van der Waals surface area contributed by atoms with Gasteiger partial charge in [0.1, 0.15) is 11.6 Å². The zero-order valence-corrected chi connectivity index (χ0v) is 14.9. The first-order chi connectivity index (χ1) is 10.8. The number of amides is 2. The maximum Gasteiger partial charge on any atom is 0.408 e. The Kier molecular flexibility index (Phi) is 6.16. The molecule has 0 aromatic rings. The Balaban J connectivity index is 2.07. The molecule has 2 rings (SSSR count). The summed E-state index contributed by atoms with van der Waals surface area (Å²) in [5.41, 5.74) is -0.587. The SMILES string of the molecule is CC(C)(C)OC(=O)NC1CCS[C@H]2CCC[C@@H](CON)N2C1=O. The third-order valence-electron chi connectivity index (χ3n) is 3.94. The molecule has 3 atom stereocenters. The second kappa shape index (κ2) is 7.72. The molecule has 8 heteroatoms. The highest BCUT2D eigenvalue weighted by Gasteiger charge is 2.40. The van der Waals surface area contributed by atoms with E-state index in [0.717, 1.165) is 25.0 Å². The van der Waals surface area contributed by atoms with Crippen LogP contribution in [0.15, 0.2) is 0 Å². The summed E-state index contributed by atoms with van der Waals surface area (Å²) in [5.74, 6) is 5.98. The lowest BCUT2D eigenvalue weighted by Crippen LogP contribution is -2.56. The zero-order chi connectivity index (χ0) is 17.0. The highest BCUT2D eigenvalue weighted by Crippen LogP contribution is 2.34. The molecule has 0 aliphatic carbocycles. The Morgan fingerprint density at radius 1 is 1.39 bits per heavy atom. The standard InChI is InChI=1S/C15H27N3O4S/c1-15(2,3)22-14(20)17-11-7-8-23-12-6-4-5-10(9-21-16)18(12)13(11)19/h10-12H,4-9,16H2,1-3H3,(H,17,20)/t10-,11?,12-/m0/s1. The number of fused-ring (bicyclic) bond motifs is 1. The predicted octanol–water partition coefficient (Wildman–Crippen LogP) is 1.61. The van der Waals surface area contributed by atoms with Gasteiger partial charge in [0.2, 0.25) is 5.91 Å². The number of thioether (sulfide) groups is 1. The number of nitrogens with zero attached hydrogens (tertiary/aromatic N) is 1. The smallest absolute Gasteiger partial charge is 0.408 e. The molecule has 0 saturated carbocycles. The lowest BCUT2D eigenvalue weighted by Gasteiger charge is -2.41. The van der Waals surface area contributed by atoms with Crippen LogP contribution in [-0.4, -0.2) is 52.3 Å². The second-order valence-corrected chi connectivity index (χ2v) is 8.26. The van der Waals surface area contributed by atoms with Crippen molar-refractivity contribution in [3.63, 3.8) is 0 Å². The molecule has 3 N–H and O–H groups in total. The Labute approximate surface area is 141 Å². The average Bonchev–Trinajstić information content (AvgIpc) is 2.58. The van der Waals surface area contributed by atoms with Crippen molar-refractivity contribution in [2.75, 3.05) is 12.4 Å². The number of hydrogen-bond donors (Lipinski definition) is 2. The highest BCUT2D eigenvalue weighted by molar-refractivity contribution is 7.99. The number of alkyl carbamates (subject to hydrolysis) is 1. The quantitative estimate of drug-likeness (QED) is 0.755. The van der Waals surface area contributed by atoms with Crippen molar-refractivity contribution in [1.29, 1.82) is 0 Å². The molecular weight excluding hydrogens is 318 g/mol. The average molecular weight is 345 g/mol. The van der Waals surface area contributed by atoms with Gasteiger partial charge in [-0.15, -0.1) is 11.8 Å². The van der Waals surface area contributed by atoms with Crippen molar-refractivity contribution in [2.45, 2.75) is 69.5 Å². The largest absolute Gasteiger partial charge is 0.444 e. The number of ether oxygens (including phenoxy) is 1. The van der Waals surface area contributed by atoms with E-state index in [9.17, 15) is 9.59 Å². The number of piperidine rings is 1. The molecular formula is C15H27N3O4S. The van der Waals surface area contributed by atoms with Gasteiger partial charge < -0.3 is 19.8 Å². The summed E-state index contributed by atoms with van der Waals surface area (Å²) in [7, 11) is 0. The minimum Gasteiger partial charge on any atom is -0.444 e. The van der Waals surface area contributed by atoms with E-state index in [1.807, 2.05) is 4.90 Å². The third kappa shape index (κ3) is 4.99. The minimum absolute atomic E-state index is 0.0280. The van der Waals surface area contributed by atoms with Crippen LogP contribution in [0.3, 0.4) is 0 Å². The maximum atomic E-state index is 12.9. The van der Waals surface area contributed by atoms with Crippen molar-refractivity contribution < 1.29 is 19.2 Å². The summed E-state index contributed by atoms with van der Waals surface area (Å²) >= 11 is 1.76. The van der Waals surface area contributed by atoms with Crippen molar-refractivity contribution in [3.05, 3.63) is 0 Å². The summed E-state index contributed by atoms with van der Waals surface area (Å²) in [6.45, 7) is 5.72. The molecule has 132 valence electrons. The summed E-state index contributed by atoms with van der Waals surface area (Å²) in [6.07, 6.45) is 2.95. The number of nitrogens with one attached hydrogen (secondary N) is 1. The third-order valence-corrected chi connectivity index (χ3v) is 5.26. The first-order valence-electron chi connectivity index (χ1n) is 8.07. The summed E-state index contributed by atoms with van der Waals surface area (Å²) in [5, 5.41) is 2.86. The molecule has 0 spiro atoms. The summed E-state index contributed by atoms with van der Waals surface area (Å²) in [6, 6.07) is -0.583. The Morgan fingerprint density at radius 2 is 2.13 bits per heavy atom. The number of hydrogen-bond acceptors (Lipinski definition) is 6. The van der Waals surface area contributed by atoms with Gasteiger partial charge in [-0.1, -0.05) is 0 Å². The van der Waals surface area contributed by atoms with E-state index in [4.69, 9.17) is 15.5 Å². The number of nitrogens with two attached hydrogens (primary N) is 1. The Morgan fingerprint density at radius 3 is 2.78 bits per heavy atom. The number of rotatable bonds is 3. The maximum absolute atomic E-state index is 12.9. The number of carbonyl (C=O) groups excluding carboxylic acids is 2. The lowest BCUT2D eigenvalue weighted by atomic mass is 10.0. The van der Waals surface area contributed by atoms with Crippen LogP contribution in [-0.2, 0) is 14.4 Å². The van der Waals surface area contributed by atoms with Gasteiger partial charge in [-0.2, -0.15) is 0 Å². The molecule has 23 heavy (non-hydrogen) atoms. The van der Waals surface area contributed by atoms with E-state index in [1.165, 1.54) is 0 Å². The normalized spacial score (nSPS) is 28.8. The predicted molar refractivity (Wildman–Crippen MR) is 88.6 cm³/mol. The first-order valence-corrected chi connectivity index (χ1v) is 9.11. The molecule has 2 saturated heterocycles. The summed E-state index contributed by atoms with van der Waals surface area (Å²) in [4.78, 5) is 31.6. The first kappa shape index (κ1) is 18.4. The molecule has 2 fully saturated rings. The van der Waals surface area contributed by atoms with E-state index in [2.05, 4.69) is 5.32 Å². The zero-order valence-electron chi connectivity index (χ0n) is 14.0. The Hall–Kier alpha value is -0.990. The van der Waals surface area contributed by atoms with Crippen molar-refractivity contribution in [2.24, 2.45) is 5.90 Å². The molecule has 0 radical (unpaired) electrons. The van der Waals surface area contributed by atoms with Gasteiger partial charge in [0.25, 0.3) is 0 Å². The highest BCUT2D eigenvalue weighted by atomic mass is 32.2. The van der Waals surface area contributed by atoms with Crippen LogP contribution in [0.1, 0.15) is 46.5 Å². The van der Waals surface area contributed by atoms with Crippen LogP contribution in [0.25, 0.3) is 0 Å². The van der Waals surface area contributed by atoms with Crippen LogP contribution in [0.5, 0.6) is 0 Å². The van der Waals surface area contributed by atoms with Crippen LogP contribution >= 0.6 is 11.8 Å². The molecule has 2 aliphatic heterocycles. The van der Waals surface area contributed by atoms with Gasteiger partial charge in [-0.3, -0.25) is 4.79 Å². The fourth-order valence-electron chi connectivity index (χ4n) is 3.01. The lowest BCUT2D eigenvalue weighted by molar-refractivity contribution is -0.139. The van der Waals surface area contributed by atoms with Crippen LogP contribution in [0.2, 0.25) is 0 Å². The topological polar surface area (TPSA) is 93.9 Å². The van der Waals surface area contributed by atoms with Crippen molar-refractivity contribution in [1.82, 2.24) is 10.2 Å². The van der Waals surface area contributed by atoms with E-state index < -0.39 is 17.7 Å². The fourth-order valence-corrected chi connectivity index (χ4v) is 4.42. The van der Waals surface area contributed by atoms with Gasteiger partial charge in [0.15, 0.2) is 0 Å². The molecule has 0 aromatic carbocycles. The number of carbonyl (C=O) groups is 2.